The first kappa shape index (κ1) is 17.7. The van der Waals surface area contributed by atoms with Crippen LogP contribution in [0.5, 0.6) is 11.5 Å². The number of pyridine rings is 1. The second-order valence-corrected chi connectivity index (χ2v) is 7.27. The molecular weight excluding hydrogens is 372 g/mol. The highest BCUT2D eigenvalue weighted by Gasteiger charge is 2.25. The summed E-state index contributed by atoms with van der Waals surface area (Å²) >= 11 is 0. The van der Waals surface area contributed by atoms with Crippen molar-refractivity contribution in [2.45, 2.75) is 32.0 Å². The summed E-state index contributed by atoms with van der Waals surface area (Å²) in [6.07, 6.45) is 7.11. The molecule has 0 unspecified atom stereocenters. The quantitative estimate of drug-likeness (QED) is 0.665. The number of nitrogens with zero attached hydrogens (tertiary/aromatic N) is 2. The van der Waals surface area contributed by atoms with Crippen LogP contribution in [0.1, 0.15) is 30.0 Å². The van der Waals surface area contributed by atoms with Gasteiger partial charge in [0.2, 0.25) is 6.79 Å². The van der Waals surface area contributed by atoms with Gasteiger partial charge in [-0.3, -0.25) is 19.3 Å². The standard InChI is InChI=1S/C21H20N4O4/c26-20-15(11-25(16-1-2-16)21(27)24-20)10-23-9-13-7-17(14-3-5-22-6-4-14)19-18(8-13)28-12-29-19/h3-8,11,16,23H,1-2,9-10,12H2,(H,24,26,27). The van der Waals surface area contributed by atoms with Crippen LogP contribution in [0.15, 0.2) is 52.4 Å². The molecule has 1 aromatic carbocycles. The molecule has 8 nitrogen and oxygen atoms in total. The number of aromatic nitrogens is 3. The number of fused-ring (bicyclic) bond motifs is 1. The zero-order chi connectivity index (χ0) is 19.8. The predicted molar refractivity (Wildman–Crippen MR) is 106 cm³/mol. The Kier molecular flexibility index (Phi) is 4.40. The summed E-state index contributed by atoms with van der Waals surface area (Å²) in [6, 6.07) is 8.06. The van der Waals surface area contributed by atoms with Gasteiger partial charge in [0.25, 0.3) is 5.56 Å². The molecule has 0 radical (unpaired) electrons. The van der Waals surface area contributed by atoms with E-state index < -0.39 is 0 Å². The Morgan fingerprint density at radius 2 is 1.97 bits per heavy atom. The summed E-state index contributed by atoms with van der Waals surface area (Å²) in [5, 5.41) is 3.29. The topological polar surface area (TPSA) is 98.2 Å². The number of benzene rings is 1. The number of nitrogens with one attached hydrogen (secondary N) is 2. The Morgan fingerprint density at radius 1 is 1.14 bits per heavy atom. The summed E-state index contributed by atoms with van der Waals surface area (Å²) < 4.78 is 12.9. The lowest BCUT2D eigenvalue weighted by Gasteiger charge is -2.11. The Balaban J connectivity index is 1.36. The van der Waals surface area contributed by atoms with Crippen LogP contribution in [0.3, 0.4) is 0 Å². The average Bonchev–Trinajstić information content (AvgIpc) is 3.46. The number of hydrogen-bond acceptors (Lipinski definition) is 6. The largest absolute Gasteiger partial charge is 0.454 e. The van der Waals surface area contributed by atoms with E-state index in [-0.39, 0.29) is 24.1 Å². The maximum absolute atomic E-state index is 12.1. The Morgan fingerprint density at radius 3 is 2.76 bits per heavy atom. The van der Waals surface area contributed by atoms with Gasteiger partial charge in [-0.15, -0.1) is 0 Å². The average molecular weight is 392 g/mol. The first-order valence-electron chi connectivity index (χ1n) is 9.57. The molecule has 8 heteroatoms. The van der Waals surface area contributed by atoms with E-state index in [0.717, 1.165) is 35.3 Å². The molecule has 2 aliphatic rings. The molecule has 1 aliphatic heterocycles. The van der Waals surface area contributed by atoms with Crippen LogP contribution in [-0.4, -0.2) is 21.3 Å². The number of ether oxygens (including phenoxy) is 2. The van der Waals surface area contributed by atoms with Crippen LogP contribution >= 0.6 is 0 Å². The van der Waals surface area contributed by atoms with Gasteiger partial charge < -0.3 is 14.8 Å². The first-order chi connectivity index (χ1) is 14.2. The fourth-order valence-corrected chi connectivity index (χ4v) is 3.53. The van der Waals surface area contributed by atoms with E-state index in [4.69, 9.17) is 9.47 Å². The molecule has 0 atom stereocenters. The lowest BCUT2D eigenvalue weighted by Crippen LogP contribution is -2.33. The molecule has 1 aliphatic carbocycles. The second-order valence-electron chi connectivity index (χ2n) is 7.27. The molecule has 0 amide bonds. The van der Waals surface area contributed by atoms with Crippen molar-refractivity contribution in [1.82, 2.24) is 19.9 Å². The van der Waals surface area contributed by atoms with Gasteiger partial charge in [-0.1, -0.05) is 0 Å². The lowest BCUT2D eigenvalue weighted by molar-refractivity contribution is 0.174. The van der Waals surface area contributed by atoms with E-state index in [1.165, 1.54) is 0 Å². The van der Waals surface area contributed by atoms with Crippen molar-refractivity contribution in [3.8, 4) is 22.6 Å². The van der Waals surface area contributed by atoms with Crippen molar-refractivity contribution >= 4 is 0 Å². The van der Waals surface area contributed by atoms with Crippen molar-refractivity contribution in [2.24, 2.45) is 0 Å². The number of rotatable bonds is 6. The zero-order valence-corrected chi connectivity index (χ0v) is 15.7. The molecule has 0 bridgehead atoms. The van der Waals surface area contributed by atoms with Gasteiger partial charge in [0.1, 0.15) is 0 Å². The Bertz CT molecular complexity index is 1170. The molecule has 0 spiro atoms. The van der Waals surface area contributed by atoms with E-state index in [0.29, 0.717) is 24.4 Å². The highest BCUT2D eigenvalue weighted by atomic mass is 16.7. The Hall–Kier alpha value is -3.39. The fraction of sp³-hybridized carbons (Fsp3) is 0.286. The summed E-state index contributed by atoms with van der Waals surface area (Å²) in [5.74, 6) is 1.43. The van der Waals surface area contributed by atoms with E-state index >= 15 is 0 Å². The highest BCUT2D eigenvalue weighted by Crippen LogP contribution is 2.42. The van der Waals surface area contributed by atoms with Gasteiger partial charge in [-0.05, 0) is 48.2 Å². The summed E-state index contributed by atoms with van der Waals surface area (Å²) in [5.41, 5.74) is 2.82. The molecule has 2 aromatic heterocycles. The van der Waals surface area contributed by atoms with Crippen LogP contribution in [0.2, 0.25) is 0 Å². The van der Waals surface area contributed by atoms with Crippen molar-refractivity contribution in [2.75, 3.05) is 6.79 Å². The molecular formula is C21H20N4O4. The minimum atomic E-state index is -0.345. The summed E-state index contributed by atoms with van der Waals surface area (Å²) in [7, 11) is 0. The van der Waals surface area contributed by atoms with E-state index in [1.807, 2.05) is 24.3 Å². The van der Waals surface area contributed by atoms with Gasteiger partial charge in [-0.25, -0.2) is 4.79 Å². The SMILES string of the molecule is O=c1[nH]c(=O)n(C2CC2)cc1CNCc1cc2c(c(-c3ccncc3)c1)OCO2. The maximum Gasteiger partial charge on any atom is 0.328 e. The number of H-pyrrole nitrogens is 1. The van der Waals surface area contributed by atoms with Crippen LogP contribution in [0.4, 0.5) is 0 Å². The number of aromatic amines is 1. The smallest absolute Gasteiger partial charge is 0.328 e. The lowest BCUT2D eigenvalue weighted by atomic mass is 10.0. The van der Waals surface area contributed by atoms with Gasteiger partial charge in [0, 0.05) is 48.8 Å². The Labute approximate surface area is 166 Å². The minimum Gasteiger partial charge on any atom is -0.454 e. The third-order valence-corrected chi connectivity index (χ3v) is 5.15. The third kappa shape index (κ3) is 3.54. The van der Waals surface area contributed by atoms with Gasteiger partial charge in [-0.2, -0.15) is 0 Å². The second kappa shape index (κ2) is 7.21. The molecule has 1 fully saturated rings. The van der Waals surface area contributed by atoms with Gasteiger partial charge in [0.15, 0.2) is 11.5 Å². The molecule has 5 rings (SSSR count). The van der Waals surface area contributed by atoms with Gasteiger partial charge >= 0.3 is 5.69 Å². The molecule has 1 saturated carbocycles. The van der Waals surface area contributed by atoms with Crippen molar-refractivity contribution in [1.29, 1.82) is 0 Å². The van der Waals surface area contributed by atoms with E-state index in [1.54, 1.807) is 23.2 Å². The summed E-state index contributed by atoms with van der Waals surface area (Å²) in [4.78, 5) is 30.5. The van der Waals surface area contributed by atoms with Crippen molar-refractivity contribution in [3.05, 3.63) is 74.8 Å². The van der Waals surface area contributed by atoms with Crippen molar-refractivity contribution < 1.29 is 9.47 Å². The molecule has 148 valence electrons. The van der Waals surface area contributed by atoms with Crippen molar-refractivity contribution in [3.63, 3.8) is 0 Å². The van der Waals surface area contributed by atoms with E-state index in [2.05, 4.69) is 15.3 Å². The first-order valence-corrected chi connectivity index (χ1v) is 9.57. The predicted octanol–water partition coefficient (Wildman–Crippen LogP) is 1.95. The van der Waals surface area contributed by atoms with E-state index in [9.17, 15) is 9.59 Å². The normalized spacial score (nSPS) is 14.9. The highest BCUT2D eigenvalue weighted by molar-refractivity contribution is 5.75. The minimum absolute atomic E-state index is 0.197. The third-order valence-electron chi connectivity index (χ3n) is 5.15. The van der Waals surface area contributed by atoms with Crippen LogP contribution in [0.25, 0.3) is 11.1 Å². The summed E-state index contributed by atoms with van der Waals surface area (Å²) in [6.45, 7) is 1.10. The molecule has 3 heterocycles. The monoisotopic (exact) mass is 392 g/mol. The number of hydrogen-bond donors (Lipinski definition) is 2. The van der Waals surface area contributed by atoms with Crippen LogP contribution in [0, 0.1) is 0 Å². The van der Waals surface area contributed by atoms with Crippen LogP contribution in [-0.2, 0) is 13.1 Å². The fourth-order valence-electron chi connectivity index (χ4n) is 3.53. The molecule has 3 aromatic rings. The van der Waals surface area contributed by atoms with Gasteiger partial charge in [0.05, 0.1) is 0 Å². The molecule has 2 N–H and O–H groups in total. The zero-order valence-electron chi connectivity index (χ0n) is 15.7. The molecule has 29 heavy (non-hydrogen) atoms. The van der Waals surface area contributed by atoms with Crippen LogP contribution < -0.4 is 26.0 Å². The maximum atomic E-state index is 12.1. The molecule has 0 saturated heterocycles.